The predicted octanol–water partition coefficient (Wildman–Crippen LogP) is 2.54. The molecule has 0 heterocycles. The molecular formula is C12H15ClFNO. The van der Waals surface area contributed by atoms with Crippen LogP contribution in [-0.4, -0.2) is 31.3 Å². The molecule has 16 heavy (non-hydrogen) atoms. The summed E-state index contributed by atoms with van der Waals surface area (Å²) in [6.45, 7) is 0.689. The molecule has 0 saturated carbocycles. The summed E-state index contributed by atoms with van der Waals surface area (Å²) in [5, 5.41) is 0.349. The number of benzene rings is 1. The summed E-state index contributed by atoms with van der Waals surface area (Å²) in [6, 6.07) is 4.39. The average molecular weight is 244 g/mol. The Labute approximate surface area is 100 Å². The van der Waals surface area contributed by atoms with Gasteiger partial charge in [-0.15, -0.1) is 0 Å². The Morgan fingerprint density at radius 2 is 2.12 bits per heavy atom. The minimum absolute atomic E-state index is 0.0370. The van der Waals surface area contributed by atoms with Crippen molar-refractivity contribution in [3.8, 4) is 0 Å². The van der Waals surface area contributed by atoms with E-state index in [1.807, 2.05) is 19.0 Å². The Bertz CT molecular complexity index is 379. The van der Waals surface area contributed by atoms with Gasteiger partial charge in [0.05, 0.1) is 0 Å². The van der Waals surface area contributed by atoms with E-state index in [-0.39, 0.29) is 12.2 Å². The van der Waals surface area contributed by atoms with Crippen LogP contribution < -0.4 is 0 Å². The number of carbonyl (C=O) groups is 1. The molecule has 0 atom stereocenters. The van der Waals surface area contributed by atoms with Crippen LogP contribution in [0.5, 0.6) is 0 Å². The second-order valence-electron chi connectivity index (χ2n) is 4.00. The summed E-state index contributed by atoms with van der Waals surface area (Å²) in [4.78, 5) is 13.5. The van der Waals surface area contributed by atoms with Crippen molar-refractivity contribution in [3.63, 3.8) is 0 Å². The number of carbonyl (C=O) groups excluding carboxylic acids is 1. The fourth-order valence-electron chi connectivity index (χ4n) is 1.31. The number of halogens is 2. The van der Waals surface area contributed by atoms with Gasteiger partial charge in [0.25, 0.3) is 0 Å². The third kappa shape index (κ3) is 4.29. The third-order valence-electron chi connectivity index (χ3n) is 2.24. The van der Waals surface area contributed by atoms with Crippen molar-refractivity contribution in [1.82, 2.24) is 4.90 Å². The van der Waals surface area contributed by atoms with Gasteiger partial charge in [-0.3, -0.25) is 4.79 Å². The summed E-state index contributed by atoms with van der Waals surface area (Å²) in [5.74, 6) is -0.374. The number of hydrogen-bond donors (Lipinski definition) is 0. The van der Waals surface area contributed by atoms with Crippen LogP contribution in [0.2, 0.25) is 5.02 Å². The molecule has 2 nitrogen and oxygen atoms in total. The van der Waals surface area contributed by atoms with Crippen molar-refractivity contribution in [2.75, 3.05) is 20.6 Å². The minimum Gasteiger partial charge on any atom is -0.309 e. The van der Waals surface area contributed by atoms with E-state index in [1.54, 1.807) is 12.1 Å². The van der Waals surface area contributed by atoms with Crippen LogP contribution in [0.25, 0.3) is 0 Å². The number of Topliss-reactive ketones (excluding diaryl/α,β-unsaturated/α-hetero) is 1. The molecule has 0 amide bonds. The highest BCUT2D eigenvalue weighted by Gasteiger charge is 2.08. The van der Waals surface area contributed by atoms with Crippen LogP contribution in [0.3, 0.4) is 0 Å². The van der Waals surface area contributed by atoms with Gasteiger partial charge in [-0.2, -0.15) is 0 Å². The summed E-state index contributed by atoms with van der Waals surface area (Å²) in [5.41, 5.74) is 0.410. The molecule has 0 fully saturated rings. The van der Waals surface area contributed by atoms with Crippen molar-refractivity contribution in [3.05, 3.63) is 34.6 Å². The van der Waals surface area contributed by atoms with Gasteiger partial charge in [-0.1, -0.05) is 17.7 Å². The molecular weight excluding hydrogens is 229 g/mol. The molecule has 0 bridgehead atoms. The van der Waals surface area contributed by atoms with Gasteiger partial charge in [0.15, 0.2) is 0 Å². The maximum absolute atomic E-state index is 13.4. The first-order chi connectivity index (χ1) is 7.49. The molecule has 1 aromatic rings. The zero-order valence-electron chi connectivity index (χ0n) is 9.46. The number of rotatable bonds is 5. The van der Waals surface area contributed by atoms with Crippen molar-refractivity contribution < 1.29 is 9.18 Å². The van der Waals surface area contributed by atoms with E-state index in [2.05, 4.69) is 0 Å². The van der Waals surface area contributed by atoms with Gasteiger partial charge in [0.1, 0.15) is 11.6 Å². The molecule has 0 radical (unpaired) electrons. The topological polar surface area (TPSA) is 20.3 Å². The lowest BCUT2D eigenvalue weighted by molar-refractivity contribution is -0.118. The van der Waals surface area contributed by atoms with Crippen molar-refractivity contribution in [2.24, 2.45) is 0 Å². The number of ketones is 1. The molecule has 0 saturated heterocycles. The van der Waals surface area contributed by atoms with E-state index in [0.29, 0.717) is 23.6 Å². The molecule has 0 aliphatic heterocycles. The van der Waals surface area contributed by atoms with Gasteiger partial charge in [-0.25, -0.2) is 4.39 Å². The third-order valence-corrected chi connectivity index (χ3v) is 2.48. The monoisotopic (exact) mass is 243 g/mol. The molecule has 1 aromatic carbocycles. The molecule has 0 N–H and O–H groups in total. The number of nitrogens with zero attached hydrogens (tertiary/aromatic N) is 1. The molecule has 88 valence electrons. The average Bonchev–Trinajstić information content (AvgIpc) is 2.19. The Morgan fingerprint density at radius 3 is 2.69 bits per heavy atom. The van der Waals surface area contributed by atoms with Crippen LogP contribution in [0.1, 0.15) is 12.0 Å². The van der Waals surface area contributed by atoms with Crippen molar-refractivity contribution in [2.45, 2.75) is 12.8 Å². The molecule has 4 heteroatoms. The summed E-state index contributed by atoms with van der Waals surface area (Å²) < 4.78 is 13.4. The Hall–Kier alpha value is -0.930. The quantitative estimate of drug-likeness (QED) is 0.792. The summed E-state index contributed by atoms with van der Waals surface area (Å²) in [7, 11) is 3.80. The Morgan fingerprint density at radius 1 is 1.44 bits per heavy atom. The fraction of sp³-hybridized carbons (Fsp3) is 0.417. The van der Waals surface area contributed by atoms with E-state index in [4.69, 9.17) is 11.6 Å². The predicted molar refractivity (Wildman–Crippen MR) is 63.3 cm³/mol. The standard InChI is InChI=1S/C12H15ClFNO/c1-15(2)6-5-11(16)7-9-3-4-10(13)8-12(9)14/h3-4,8H,5-7H2,1-2H3. The first kappa shape index (κ1) is 13.1. The fourth-order valence-corrected chi connectivity index (χ4v) is 1.47. The van der Waals surface area contributed by atoms with Crippen molar-refractivity contribution >= 4 is 17.4 Å². The van der Waals surface area contributed by atoms with Crippen molar-refractivity contribution in [1.29, 1.82) is 0 Å². The minimum atomic E-state index is -0.411. The van der Waals surface area contributed by atoms with E-state index < -0.39 is 5.82 Å². The van der Waals surface area contributed by atoms with Gasteiger partial charge >= 0.3 is 0 Å². The lowest BCUT2D eigenvalue weighted by Gasteiger charge is -2.08. The lowest BCUT2D eigenvalue weighted by Crippen LogP contribution is -2.17. The van der Waals surface area contributed by atoms with Gasteiger partial charge in [-0.05, 0) is 31.8 Å². The van der Waals surface area contributed by atoms with Crippen LogP contribution >= 0.6 is 11.6 Å². The maximum Gasteiger partial charge on any atom is 0.138 e. The molecule has 0 aromatic heterocycles. The first-order valence-corrected chi connectivity index (χ1v) is 5.47. The van der Waals surface area contributed by atoms with Crippen LogP contribution in [0.15, 0.2) is 18.2 Å². The Balaban J connectivity index is 2.56. The van der Waals surface area contributed by atoms with Gasteiger partial charge in [0.2, 0.25) is 0 Å². The lowest BCUT2D eigenvalue weighted by atomic mass is 10.1. The van der Waals surface area contributed by atoms with Gasteiger partial charge in [0, 0.05) is 24.4 Å². The molecule has 0 aliphatic carbocycles. The normalized spacial score (nSPS) is 10.8. The molecule has 1 rings (SSSR count). The van der Waals surface area contributed by atoms with E-state index in [9.17, 15) is 9.18 Å². The van der Waals surface area contributed by atoms with E-state index >= 15 is 0 Å². The van der Waals surface area contributed by atoms with Crippen LogP contribution in [-0.2, 0) is 11.2 Å². The largest absolute Gasteiger partial charge is 0.309 e. The van der Waals surface area contributed by atoms with E-state index in [1.165, 1.54) is 6.07 Å². The smallest absolute Gasteiger partial charge is 0.138 e. The van der Waals surface area contributed by atoms with Crippen LogP contribution in [0.4, 0.5) is 4.39 Å². The highest BCUT2D eigenvalue weighted by atomic mass is 35.5. The highest BCUT2D eigenvalue weighted by molar-refractivity contribution is 6.30. The van der Waals surface area contributed by atoms with Crippen LogP contribution in [0, 0.1) is 5.82 Å². The van der Waals surface area contributed by atoms with E-state index in [0.717, 1.165) is 0 Å². The maximum atomic E-state index is 13.4. The second kappa shape index (κ2) is 5.97. The SMILES string of the molecule is CN(C)CCC(=O)Cc1ccc(Cl)cc1F. The molecule has 0 unspecified atom stereocenters. The van der Waals surface area contributed by atoms with Gasteiger partial charge < -0.3 is 4.90 Å². The molecule has 0 aliphatic rings. The number of hydrogen-bond acceptors (Lipinski definition) is 2. The summed E-state index contributed by atoms with van der Waals surface area (Å²) in [6.07, 6.45) is 0.575. The first-order valence-electron chi connectivity index (χ1n) is 5.09. The highest BCUT2D eigenvalue weighted by Crippen LogP contribution is 2.15. The zero-order valence-corrected chi connectivity index (χ0v) is 10.2. The molecule has 0 spiro atoms. The summed E-state index contributed by atoms with van der Waals surface area (Å²) >= 11 is 5.62. The Kier molecular flexibility index (Phi) is 4.90. The second-order valence-corrected chi connectivity index (χ2v) is 4.44. The zero-order chi connectivity index (χ0) is 12.1.